The number of rotatable bonds is 4. The first-order valence-corrected chi connectivity index (χ1v) is 8.32. The van der Waals surface area contributed by atoms with E-state index in [2.05, 4.69) is 15.3 Å². The zero-order valence-corrected chi connectivity index (χ0v) is 13.7. The number of methoxy groups -OCH3 is 1. The number of ether oxygens (including phenoxy) is 2. The minimum absolute atomic E-state index is 0.273. The predicted octanol–water partition coefficient (Wildman–Crippen LogP) is 3.37. The Bertz CT molecular complexity index is 837. The van der Waals surface area contributed by atoms with Crippen LogP contribution in [0.3, 0.4) is 0 Å². The number of fused-ring (bicyclic) bond motifs is 1. The summed E-state index contributed by atoms with van der Waals surface area (Å²) in [6, 6.07) is 10.0. The van der Waals surface area contributed by atoms with Gasteiger partial charge in [-0.2, -0.15) is 0 Å². The summed E-state index contributed by atoms with van der Waals surface area (Å²) < 4.78 is 11.7. The molecule has 1 aliphatic heterocycles. The summed E-state index contributed by atoms with van der Waals surface area (Å²) in [5.74, 6) is 1.63. The molecule has 0 aliphatic carbocycles. The molecule has 2 N–H and O–H groups in total. The van der Waals surface area contributed by atoms with Crippen molar-refractivity contribution in [2.24, 2.45) is 0 Å². The van der Waals surface area contributed by atoms with Gasteiger partial charge in [0, 0.05) is 34.9 Å². The highest BCUT2D eigenvalue weighted by Gasteiger charge is 2.16. The zero-order valence-electron chi connectivity index (χ0n) is 13.7. The van der Waals surface area contributed by atoms with Crippen molar-refractivity contribution in [3.05, 3.63) is 42.7 Å². The average molecular weight is 323 g/mol. The number of piperidine rings is 1. The lowest BCUT2D eigenvalue weighted by molar-refractivity contribution is 0.162. The molecule has 5 heteroatoms. The van der Waals surface area contributed by atoms with Crippen molar-refractivity contribution in [3.8, 4) is 22.8 Å². The number of aromatic nitrogens is 2. The van der Waals surface area contributed by atoms with Crippen molar-refractivity contribution in [2.45, 2.75) is 18.9 Å². The zero-order chi connectivity index (χ0) is 16.4. The molecule has 0 radical (unpaired) electrons. The SMILES string of the molecule is COc1cc(OC2CCNCC2)ccc1-c1cc2[nH]ccc2cn1. The van der Waals surface area contributed by atoms with Crippen LogP contribution >= 0.6 is 0 Å². The number of nitrogens with zero attached hydrogens (tertiary/aromatic N) is 1. The second-order valence-corrected chi connectivity index (χ2v) is 6.06. The molecule has 24 heavy (non-hydrogen) atoms. The molecule has 2 aromatic heterocycles. The van der Waals surface area contributed by atoms with Gasteiger partial charge in [0.2, 0.25) is 0 Å². The quantitative estimate of drug-likeness (QED) is 0.773. The van der Waals surface area contributed by atoms with E-state index in [4.69, 9.17) is 9.47 Å². The van der Waals surface area contributed by atoms with Crippen molar-refractivity contribution < 1.29 is 9.47 Å². The van der Waals surface area contributed by atoms with Gasteiger partial charge in [-0.05, 0) is 50.2 Å². The smallest absolute Gasteiger partial charge is 0.131 e. The van der Waals surface area contributed by atoms with Gasteiger partial charge in [-0.25, -0.2) is 0 Å². The fraction of sp³-hybridized carbons (Fsp3) is 0.316. The highest BCUT2D eigenvalue weighted by atomic mass is 16.5. The molecule has 0 amide bonds. The summed E-state index contributed by atoms with van der Waals surface area (Å²) in [6.45, 7) is 2.03. The lowest BCUT2D eigenvalue weighted by atomic mass is 10.1. The molecular weight excluding hydrogens is 302 g/mol. The van der Waals surface area contributed by atoms with Gasteiger partial charge in [-0.3, -0.25) is 4.98 Å². The second kappa shape index (κ2) is 6.53. The fourth-order valence-corrected chi connectivity index (χ4v) is 3.15. The highest BCUT2D eigenvalue weighted by Crippen LogP contribution is 2.34. The Morgan fingerprint density at radius 2 is 2.00 bits per heavy atom. The average Bonchev–Trinajstić information content (AvgIpc) is 3.10. The van der Waals surface area contributed by atoms with E-state index in [1.54, 1.807) is 7.11 Å². The monoisotopic (exact) mass is 323 g/mol. The predicted molar refractivity (Wildman–Crippen MR) is 94.6 cm³/mol. The summed E-state index contributed by atoms with van der Waals surface area (Å²) in [5.41, 5.74) is 2.92. The standard InChI is InChI=1S/C19H21N3O2/c1-23-19-10-15(24-14-5-7-20-8-6-14)2-3-16(19)18-11-17-13(12-22-18)4-9-21-17/h2-4,9-12,14,20-21H,5-8H2,1H3. The molecule has 1 aromatic carbocycles. The number of aromatic amines is 1. The second-order valence-electron chi connectivity index (χ2n) is 6.06. The fourth-order valence-electron chi connectivity index (χ4n) is 3.15. The molecule has 4 rings (SSSR count). The van der Waals surface area contributed by atoms with Gasteiger partial charge in [0.15, 0.2) is 0 Å². The molecule has 0 bridgehead atoms. The van der Waals surface area contributed by atoms with E-state index >= 15 is 0 Å². The first-order chi connectivity index (χ1) is 11.8. The molecule has 0 spiro atoms. The summed E-state index contributed by atoms with van der Waals surface area (Å²) in [6.07, 6.45) is 6.14. The highest BCUT2D eigenvalue weighted by molar-refractivity contribution is 5.83. The third-order valence-corrected chi connectivity index (χ3v) is 4.47. The normalized spacial score (nSPS) is 15.5. The number of nitrogens with one attached hydrogen (secondary N) is 2. The molecule has 124 valence electrons. The topological polar surface area (TPSA) is 59.2 Å². The Morgan fingerprint density at radius 3 is 2.83 bits per heavy atom. The number of pyridine rings is 1. The molecule has 1 aliphatic rings. The van der Waals surface area contributed by atoms with Crippen LogP contribution < -0.4 is 14.8 Å². The molecule has 1 fully saturated rings. The van der Waals surface area contributed by atoms with Crippen LogP contribution in [0.4, 0.5) is 0 Å². The van der Waals surface area contributed by atoms with E-state index in [1.807, 2.05) is 42.7 Å². The lowest BCUT2D eigenvalue weighted by Gasteiger charge is -2.24. The van der Waals surface area contributed by atoms with Crippen molar-refractivity contribution >= 4 is 10.9 Å². The Balaban J connectivity index is 1.63. The molecule has 0 saturated carbocycles. The maximum atomic E-state index is 6.10. The van der Waals surface area contributed by atoms with Crippen molar-refractivity contribution in [2.75, 3.05) is 20.2 Å². The van der Waals surface area contributed by atoms with Gasteiger partial charge in [0.05, 0.1) is 12.8 Å². The molecule has 0 atom stereocenters. The molecule has 5 nitrogen and oxygen atoms in total. The lowest BCUT2D eigenvalue weighted by Crippen LogP contribution is -2.34. The van der Waals surface area contributed by atoms with Crippen LogP contribution in [0.2, 0.25) is 0 Å². The van der Waals surface area contributed by atoms with Crippen LogP contribution in [-0.4, -0.2) is 36.3 Å². The number of hydrogen-bond donors (Lipinski definition) is 2. The van der Waals surface area contributed by atoms with Crippen LogP contribution in [0.5, 0.6) is 11.5 Å². The van der Waals surface area contributed by atoms with E-state index in [9.17, 15) is 0 Å². The van der Waals surface area contributed by atoms with E-state index in [1.165, 1.54) is 0 Å². The molecule has 0 unspecified atom stereocenters. The Kier molecular flexibility index (Phi) is 4.09. The Hall–Kier alpha value is -2.53. The van der Waals surface area contributed by atoms with Gasteiger partial charge >= 0.3 is 0 Å². The molecule has 1 saturated heterocycles. The maximum Gasteiger partial charge on any atom is 0.131 e. The van der Waals surface area contributed by atoms with E-state index in [-0.39, 0.29) is 6.10 Å². The minimum Gasteiger partial charge on any atom is -0.496 e. The summed E-state index contributed by atoms with van der Waals surface area (Å²) in [5, 5.41) is 4.45. The largest absolute Gasteiger partial charge is 0.496 e. The van der Waals surface area contributed by atoms with Crippen molar-refractivity contribution in [1.82, 2.24) is 15.3 Å². The number of benzene rings is 1. The van der Waals surface area contributed by atoms with Crippen LogP contribution in [0.1, 0.15) is 12.8 Å². The number of H-pyrrole nitrogens is 1. The number of hydrogen-bond acceptors (Lipinski definition) is 4. The van der Waals surface area contributed by atoms with Crippen LogP contribution in [0.15, 0.2) is 42.7 Å². The first kappa shape index (κ1) is 15.0. The summed E-state index contributed by atoms with van der Waals surface area (Å²) >= 11 is 0. The Morgan fingerprint density at radius 1 is 1.12 bits per heavy atom. The van der Waals surface area contributed by atoms with E-state index < -0.39 is 0 Å². The van der Waals surface area contributed by atoms with Crippen LogP contribution in [0.25, 0.3) is 22.2 Å². The van der Waals surface area contributed by atoms with Crippen LogP contribution in [0, 0.1) is 0 Å². The molecular formula is C19H21N3O2. The van der Waals surface area contributed by atoms with Gasteiger partial charge in [0.25, 0.3) is 0 Å². The molecule has 3 aromatic rings. The summed E-state index contributed by atoms with van der Waals surface area (Å²) in [7, 11) is 1.68. The van der Waals surface area contributed by atoms with Gasteiger partial charge in [0.1, 0.15) is 17.6 Å². The summed E-state index contributed by atoms with van der Waals surface area (Å²) in [4.78, 5) is 7.78. The van der Waals surface area contributed by atoms with Crippen molar-refractivity contribution in [3.63, 3.8) is 0 Å². The van der Waals surface area contributed by atoms with Gasteiger partial charge in [-0.1, -0.05) is 0 Å². The van der Waals surface area contributed by atoms with E-state index in [0.717, 1.165) is 59.6 Å². The van der Waals surface area contributed by atoms with Gasteiger partial charge in [-0.15, -0.1) is 0 Å². The molecule has 3 heterocycles. The minimum atomic E-state index is 0.273. The maximum absolute atomic E-state index is 6.10. The third-order valence-electron chi connectivity index (χ3n) is 4.47. The Labute approximate surface area is 141 Å². The van der Waals surface area contributed by atoms with Gasteiger partial charge < -0.3 is 19.8 Å². The van der Waals surface area contributed by atoms with Crippen molar-refractivity contribution in [1.29, 1.82) is 0 Å². The third kappa shape index (κ3) is 2.95. The van der Waals surface area contributed by atoms with E-state index in [0.29, 0.717) is 0 Å². The first-order valence-electron chi connectivity index (χ1n) is 8.32. The van der Waals surface area contributed by atoms with Crippen LogP contribution in [-0.2, 0) is 0 Å².